The van der Waals surface area contributed by atoms with Gasteiger partial charge in [-0.05, 0) is 17.7 Å². The Balaban J connectivity index is 2.44. The molecule has 0 radical (unpaired) electrons. The normalized spacial score (nSPS) is 29.8. The van der Waals surface area contributed by atoms with Crippen LogP contribution in [0, 0.1) is 22.6 Å². The maximum Gasteiger partial charge on any atom is 0.152 e. The second-order valence-electron chi connectivity index (χ2n) is 4.86. The third kappa shape index (κ3) is 2.24. The lowest BCUT2D eigenvalue weighted by atomic mass is 10.0. The van der Waals surface area contributed by atoms with Crippen LogP contribution in [0.3, 0.4) is 0 Å². The molecule has 6 heteroatoms. The molecule has 0 saturated heterocycles. The summed E-state index contributed by atoms with van der Waals surface area (Å²) in [7, 11) is -1.95. The van der Waals surface area contributed by atoms with Crippen molar-refractivity contribution in [1.29, 1.82) is 5.26 Å². The highest BCUT2D eigenvalue weighted by atomic mass is 32.2. The van der Waals surface area contributed by atoms with Gasteiger partial charge in [-0.2, -0.15) is 5.26 Å². The molecule has 2 rings (SSSR count). The predicted molar refractivity (Wildman–Crippen MR) is 67.7 cm³/mol. The molecule has 0 N–H and O–H groups in total. The van der Waals surface area contributed by atoms with E-state index in [0.29, 0.717) is 5.56 Å². The van der Waals surface area contributed by atoms with Gasteiger partial charge in [0.15, 0.2) is 9.84 Å². The minimum atomic E-state index is -3.38. The molecule has 1 saturated carbocycles. The monoisotopic (exact) mass is 283 g/mol. The van der Waals surface area contributed by atoms with E-state index in [1.807, 2.05) is 0 Å². The molecule has 102 valence electrons. The highest BCUT2D eigenvalue weighted by Crippen LogP contribution is 2.62. The minimum absolute atomic E-state index is 0.0449. The van der Waals surface area contributed by atoms with Crippen molar-refractivity contribution < 1.29 is 17.5 Å². The summed E-state index contributed by atoms with van der Waals surface area (Å²) in [5.74, 6) is -0.859. The van der Waals surface area contributed by atoms with E-state index in [4.69, 9.17) is 4.74 Å². The number of methoxy groups -OCH3 is 1. The number of hydrogen-bond donors (Lipinski definition) is 0. The van der Waals surface area contributed by atoms with Crippen molar-refractivity contribution in [2.75, 3.05) is 20.0 Å². The number of halogens is 1. The fraction of sp³-hybridized carbons (Fsp3) is 0.462. The van der Waals surface area contributed by atoms with Gasteiger partial charge in [0.25, 0.3) is 0 Å². The molecule has 19 heavy (non-hydrogen) atoms. The zero-order valence-corrected chi connectivity index (χ0v) is 11.4. The molecule has 3 atom stereocenters. The van der Waals surface area contributed by atoms with Crippen molar-refractivity contribution in [3.05, 3.63) is 35.6 Å². The van der Waals surface area contributed by atoms with Gasteiger partial charge in [-0.3, -0.25) is 0 Å². The molecule has 0 spiro atoms. The largest absolute Gasteiger partial charge is 0.383 e. The quantitative estimate of drug-likeness (QED) is 0.839. The van der Waals surface area contributed by atoms with E-state index in [2.05, 4.69) is 6.07 Å². The van der Waals surface area contributed by atoms with Crippen molar-refractivity contribution in [3.63, 3.8) is 0 Å². The van der Waals surface area contributed by atoms with Gasteiger partial charge >= 0.3 is 0 Å². The average molecular weight is 283 g/mol. The number of ether oxygens (including phenoxy) is 1. The number of rotatable bonds is 4. The summed E-state index contributed by atoms with van der Waals surface area (Å²) in [6.45, 7) is 0.0449. The van der Waals surface area contributed by atoms with Crippen LogP contribution in [0.5, 0.6) is 0 Å². The van der Waals surface area contributed by atoms with Crippen molar-refractivity contribution in [1.82, 2.24) is 0 Å². The van der Waals surface area contributed by atoms with Crippen molar-refractivity contribution in [2.45, 2.75) is 11.2 Å². The number of benzene rings is 1. The first-order chi connectivity index (χ1) is 8.86. The molecule has 0 aliphatic heterocycles. The van der Waals surface area contributed by atoms with Crippen LogP contribution >= 0.6 is 0 Å². The summed E-state index contributed by atoms with van der Waals surface area (Å²) in [5, 5.41) is 8.54. The zero-order chi connectivity index (χ0) is 14.3. The first kappa shape index (κ1) is 14.0. The molecule has 0 unspecified atom stereocenters. The fourth-order valence-corrected chi connectivity index (χ4v) is 4.60. The Kier molecular flexibility index (Phi) is 3.37. The standard InChI is InChI=1S/C13H14FNO3S/c1-18-8-13(7-15)11(12(13)19(2,16)17)9-3-5-10(14)6-4-9/h3-6,11-12H,8H2,1-2H3/t11-,12+,13-/m1/s1. The van der Waals surface area contributed by atoms with E-state index in [9.17, 15) is 18.1 Å². The van der Waals surface area contributed by atoms with Gasteiger partial charge in [0.1, 0.15) is 11.2 Å². The van der Waals surface area contributed by atoms with Crippen LogP contribution in [-0.4, -0.2) is 33.6 Å². The topological polar surface area (TPSA) is 67.2 Å². The summed E-state index contributed by atoms with van der Waals surface area (Å²) in [5.41, 5.74) is -0.421. The van der Waals surface area contributed by atoms with Gasteiger partial charge < -0.3 is 4.74 Å². The van der Waals surface area contributed by atoms with E-state index >= 15 is 0 Å². The Morgan fingerprint density at radius 1 is 1.42 bits per heavy atom. The first-order valence-corrected chi connectivity index (χ1v) is 7.67. The molecule has 1 aromatic rings. The zero-order valence-electron chi connectivity index (χ0n) is 10.6. The number of nitrogens with zero attached hydrogens (tertiary/aromatic N) is 1. The Morgan fingerprint density at radius 2 is 2.00 bits per heavy atom. The molecule has 1 aliphatic rings. The molecular formula is C13H14FNO3S. The van der Waals surface area contributed by atoms with Gasteiger partial charge in [-0.15, -0.1) is 0 Å². The molecule has 0 heterocycles. The second-order valence-corrected chi connectivity index (χ2v) is 7.03. The predicted octanol–water partition coefficient (Wildman–Crippen LogP) is 1.49. The number of sulfone groups is 1. The van der Waals surface area contributed by atoms with Gasteiger partial charge in [0.05, 0.1) is 17.9 Å². The molecule has 4 nitrogen and oxygen atoms in total. The highest BCUT2D eigenvalue weighted by Gasteiger charge is 2.71. The minimum Gasteiger partial charge on any atom is -0.383 e. The van der Waals surface area contributed by atoms with E-state index in [1.165, 1.54) is 31.4 Å². The third-order valence-electron chi connectivity index (χ3n) is 3.54. The highest BCUT2D eigenvalue weighted by molar-refractivity contribution is 7.91. The van der Waals surface area contributed by atoms with Crippen molar-refractivity contribution in [2.24, 2.45) is 5.41 Å². The number of hydrogen-bond acceptors (Lipinski definition) is 4. The summed E-state index contributed by atoms with van der Waals surface area (Å²) in [4.78, 5) is 0. The summed E-state index contributed by atoms with van der Waals surface area (Å²) < 4.78 is 41.5. The molecular weight excluding hydrogens is 269 g/mol. The first-order valence-electron chi connectivity index (χ1n) is 5.71. The lowest BCUT2D eigenvalue weighted by molar-refractivity contribution is 0.162. The number of nitriles is 1. The molecule has 0 bridgehead atoms. The molecule has 0 amide bonds. The molecule has 1 aromatic carbocycles. The summed E-state index contributed by atoms with van der Waals surface area (Å²) >= 11 is 0. The van der Waals surface area contributed by atoms with Crippen molar-refractivity contribution in [3.8, 4) is 6.07 Å². The second kappa shape index (κ2) is 4.58. The summed E-state index contributed by atoms with van der Waals surface area (Å²) in [6.07, 6.45) is 1.11. The Morgan fingerprint density at radius 3 is 2.42 bits per heavy atom. The van der Waals surface area contributed by atoms with Crippen LogP contribution in [-0.2, 0) is 14.6 Å². The maximum atomic E-state index is 12.9. The van der Waals surface area contributed by atoms with Crippen LogP contribution in [0.25, 0.3) is 0 Å². The van der Waals surface area contributed by atoms with Crippen LogP contribution in [0.2, 0.25) is 0 Å². The fourth-order valence-electron chi connectivity index (χ4n) is 2.75. The lowest BCUT2D eigenvalue weighted by Crippen LogP contribution is -2.17. The molecule has 1 aliphatic carbocycles. The van der Waals surface area contributed by atoms with E-state index in [1.54, 1.807) is 0 Å². The van der Waals surface area contributed by atoms with E-state index in [-0.39, 0.29) is 6.61 Å². The van der Waals surface area contributed by atoms with Gasteiger partial charge in [-0.1, -0.05) is 12.1 Å². The Labute approximate surface area is 111 Å². The SMILES string of the molecule is COC[C@]1(C#N)[C@H](c2ccc(F)cc2)[C@@H]1S(C)(=O)=O. The average Bonchev–Trinajstić information content (AvgIpc) is 3.00. The van der Waals surface area contributed by atoms with Gasteiger partial charge in [0.2, 0.25) is 0 Å². The molecule has 1 fully saturated rings. The lowest BCUT2D eigenvalue weighted by Gasteiger charge is -2.06. The third-order valence-corrected chi connectivity index (χ3v) is 5.15. The summed E-state index contributed by atoms with van der Waals surface area (Å²) in [6, 6.07) is 7.65. The van der Waals surface area contributed by atoms with E-state index in [0.717, 1.165) is 6.26 Å². The van der Waals surface area contributed by atoms with Crippen LogP contribution < -0.4 is 0 Å². The van der Waals surface area contributed by atoms with E-state index < -0.39 is 32.2 Å². The van der Waals surface area contributed by atoms with Crippen molar-refractivity contribution >= 4 is 9.84 Å². The van der Waals surface area contributed by atoms with Crippen LogP contribution in [0.1, 0.15) is 11.5 Å². The smallest absolute Gasteiger partial charge is 0.152 e. The van der Waals surface area contributed by atoms with Gasteiger partial charge in [-0.25, -0.2) is 12.8 Å². The Hall–Kier alpha value is -1.45. The molecule has 0 aromatic heterocycles. The maximum absolute atomic E-state index is 12.9. The van der Waals surface area contributed by atoms with Crippen LogP contribution in [0.15, 0.2) is 24.3 Å². The van der Waals surface area contributed by atoms with Crippen LogP contribution in [0.4, 0.5) is 4.39 Å². The Bertz CT molecular complexity index is 620. The van der Waals surface area contributed by atoms with Gasteiger partial charge in [0, 0.05) is 19.3 Å².